The van der Waals surface area contributed by atoms with Crippen molar-refractivity contribution in [2.75, 3.05) is 13.2 Å². The number of fused-ring (bicyclic) bond motifs is 3. The van der Waals surface area contributed by atoms with Crippen LogP contribution in [-0.2, 0) is 9.53 Å². The van der Waals surface area contributed by atoms with Gasteiger partial charge in [-0.05, 0) is 22.3 Å². The van der Waals surface area contributed by atoms with Crippen LogP contribution in [0, 0.1) is 0 Å². The number of rotatable bonds is 5. The van der Waals surface area contributed by atoms with E-state index in [0.717, 1.165) is 11.1 Å². The molecule has 0 spiro atoms. The molecule has 8 nitrogen and oxygen atoms in total. The molecule has 3 rings (SSSR count). The van der Waals surface area contributed by atoms with Crippen LogP contribution in [0.25, 0.3) is 11.1 Å². The number of benzene rings is 2. The maximum atomic E-state index is 11.7. The summed E-state index contributed by atoms with van der Waals surface area (Å²) < 4.78 is 5.28. The molecule has 0 radical (unpaired) electrons. The number of hydrogen-bond donors (Lipinski definition) is 3. The van der Waals surface area contributed by atoms with Crippen molar-refractivity contribution in [1.29, 1.82) is 0 Å². The van der Waals surface area contributed by atoms with Crippen LogP contribution in [0.4, 0.5) is 9.59 Å². The quantitative estimate of drug-likeness (QED) is 0.546. The fraction of sp³-hybridized carbons (Fsp3) is 0.211. The molecule has 0 saturated heterocycles. The van der Waals surface area contributed by atoms with E-state index in [1.165, 1.54) is 11.1 Å². The van der Waals surface area contributed by atoms with Gasteiger partial charge in [0.25, 0.3) is 0 Å². The van der Waals surface area contributed by atoms with Crippen LogP contribution in [0.2, 0.25) is 0 Å². The average Bonchev–Trinajstić information content (AvgIpc) is 2.93. The van der Waals surface area contributed by atoms with E-state index in [-0.39, 0.29) is 55.0 Å². The van der Waals surface area contributed by atoms with Crippen molar-refractivity contribution in [3.63, 3.8) is 0 Å². The zero-order chi connectivity index (χ0) is 19.8. The van der Waals surface area contributed by atoms with Crippen LogP contribution in [0.1, 0.15) is 23.5 Å². The number of carbonyl (C=O) groups excluding carboxylic acids is 1. The van der Waals surface area contributed by atoms with Gasteiger partial charge in [0, 0.05) is 12.5 Å². The summed E-state index contributed by atoms with van der Waals surface area (Å²) in [6.07, 6.45) is -2.79. The predicted molar refractivity (Wildman–Crippen MR) is 93.3 cm³/mol. The Morgan fingerprint density at radius 2 is 1.43 bits per heavy atom. The third-order valence-electron chi connectivity index (χ3n) is 3.95. The second-order valence-corrected chi connectivity index (χ2v) is 5.66. The molecule has 0 bridgehead atoms. The number of aliphatic carboxylic acids is 1. The van der Waals surface area contributed by atoms with Crippen molar-refractivity contribution in [1.82, 2.24) is 5.32 Å². The van der Waals surface area contributed by atoms with Gasteiger partial charge >= 0.3 is 41.6 Å². The van der Waals surface area contributed by atoms with E-state index in [2.05, 4.69) is 17.4 Å². The molecule has 0 aromatic heterocycles. The third kappa shape index (κ3) is 6.56. The molecule has 1 aliphatic rings. The van der Waals surface area contributed by atoms with Gasteiger partial charge in [0.15, 0.2) is 0 Å². The topological polar surface area (TPSA) is 136 Å². The van der Waals surface area contributed by atoms with Gasteiger partial charge in [-0.25, -0.2) is 4.79 Å². The average molecular weight is 395 g/mol. The number of amides is 1. The largest absolute Gasteiger partial charge is 1.00 e. The summed E-state index contributed by atoms with van der Waals surface area (Å²) in [4.78, 5) is 30.6. The standard InChI is InChI=1S/C18H17NO4.CH2O3.Na/c20-17(21)9-10-19-18(22)23-11-16-14-7-3-1-5-12(14)13-6-2-4-8-15(13)16;2-1(3)4;/h1-8,16H,9-11H2,(H,19,22)(H,20,21);(H2,2,3,4);/q;;+1/p-1. The van der Waals surface area contributed by atoms with Gasteiger partial charge in [-0.2, -0.15) is 0 Å². The summed E-state index contributed by atoms with van der Waals surface area (Å²) in [6.45, 7) is 0.291. The van der Waals surface area contributed by atoms with Gasteiger partial charge in [-0.1, -0.05) is 48.5 Å². The summed E-state index contributed by atoms with van der Waals surface area (Å²) in [7, 11) is 0. The van der Waals surface area contributed by atoms with Crippen LogP contribution < -0.4 is 40.0 Å². The van der Waals surface area contributed by atoms with Crippen molar-refractivity contribution in [3.8, 4) is 11.1 Å². The molecule has 0 heterocycles. The minimum Gasteiger partial charge on any atom is -0.565 e. The van der Waals surface area contributed by atoms with Crippen molar-refractivity contribution >= 4 is 18.2 Å². The number of carbonyl (C=O) groups is 3. The summed E-state index contributed by atoms with van der Waals surface area (Å²) >= 11 is 0. The van der Waals surface area contributed by atoms with Crippen LogP contribution in [0.5, 0.6) is 0 Å². The van der Waals surface area contributed by atoms with Crippen molar-refractivity contribution < 1.29 is 64.0 Å². The molecule has 1 amide bonds. The van der Waals surface area contributed by atoms with Gasteiger partial charge < -0.3 is 30.2 Å². The Labute approximate surface area is 183 Å². The molecule has 3 N–H and O–H groups in total. The smallest absolute Gasteiger partial charge is 0.565 e. The molecular weight excluding hydrogens is 377 g/mol. The summed E-state index contributed by atoms with van der Waals surface area (Å²) in [6, 6.07) is 16.2. The molecule has 0 aliphatic heterocycles. The summed E-state index contributed by atoms with van der Waals surface area (Å²) in [5, 5.41) is 26.3. The van der Waals surface area contributed by atoms with Crippen LogP contribution in [0.15, 0.2) is 48.5 Å². The first kappa shape index (κ1) is 23.5. The molecule has 0 saturated carbocycles. The van der Waals surface area contributed by atoms with E-state index in [1.807, 2.05) is 36.4 Å². The number of carboxylic acid groups (broad SMARTS) is 3. The normalized spacial score (nSPS) is 11.0. The Morgan fingerprint density at radius 1 is 0.964 bits per heavy atom. The first-order chi connectivity index (χ1) is 12.9. The minimum absolute atomic E-state index is 0. The molecule has 2 aromatic rings. The van der Waals surface area contributed by atoms with Gasteiger partial charge in [0.05, 0.1) is 6.42 Å². The van der Waals surface area contributed by atoms with E-state index >= 15 is 0 Å². The first-order valence-corrected chi connectivity index (χ1v) is 8.10. The van der Waals surface area contributed by atoms with Gasteiger partial charge in [-0.3, -0.25) is 4.79 Å². The molecule has 0 unspecified atom stereocenters. The zero-order valence-corrected chi connectivity index (χ0v) is 17.3. The van der Waals surface area contributed by atoms with Crippen molar-refractivity contribution in [2.45, 2.75) is 12.3 Å². The molecular formula is C19H18NNaO7. The molecule has 28 heavy (non-hydrogen) atoms. The van der Waals surface area contributed by atoms with Crippen molar-refractivity contribution in [2.24, 2.45) is 0 Å². The second-order valence-electron chi connectivity index (χ2n) is 5.66. The fourth-order valence-electron chi connectivity index (χ4n) is 2.92. The number of alkyl carbamates (subject to hydrolysis) is 1. The second kappa shape index (κ2) is 11.3. The van der Waals surface area contributed by atoms with E-state index in [4.69, 9.17) is 24.9 Å². The Hall–Kier alpha value is -2.55. The number of ether oxygens (including phenoxy) is 1. The number of nitrogens with one attached hydrogen (secondary N) is 1. The minimum atomic E-state index is -2.08. The maximum Gasteiger partial charge on any atom is 1.00 e. The number of carboxylic acids is 1. The Balaban J connectivity index is 0.000000717. The predicted octanol–water partition coefficient (Wildman–Crippen LogP) is -1.11. The Morgan fingerprint density at radius 3 is 1.89 bits per heavy atom. The van der Waals surface area contributed by atoms with E-state index in [1.54, 1.807) is 0 Å². The van der Waals surface area contributed by atoms with Gasteiger partial charge in [-0.15, -0.1) is 0 Å². The van der Waals surface area contributed by atoms with Crippen LogP contribution in [0.3, 0.4) is 0 Å². The van der Waals surface area contributed by atoms with E-state index in [9.17, 15) is 9.59 Å². The Bertz CT molecular complexity index is 791. The fourth-order valence-corrected chi connectivity index (χ4v) is 2.92. The molecule has 1 aliphatic carbocycles. The molecule has 9 heteroatoms. The monoisotopic (exact) mass is 395 g/mol. The summed E-state index contributed by atoms with van der Waals surface area (Å²) in [5.41, 5.74) is 4.63. The van der Waals surface area contributed by atoms with Crippen LogP contribution in [-0.4, -0.2) is 41.6 Å². The molecule has 142 valence electrons. The molecule has 0 atom stereocenters. The number of hydrogen-bond acceptors (Lipinski definition) is 5. The SMILES string of the molecule is O=C(O)CCNC(=O)OCC1c2ccccc2-c2ccccc21.O=C([O-])O.[Na+]. The Kier molecular flexibility index (Phi) is 9.50. The van der Waals surface area contributed by atoms with Gasteiger partial charge in [0.2, 0.25) is 6.16 Å². The maximum absolute atomic E-state index is 11.7. The van der Waals surface area contributed by atoms with E-state index in [0.29, 0.717) is 0 Å². The summed E-state index contributed by atoms with van der Waals surface area (Å²) in [5.74, 6) is -0.948. The van der Waals surface area contributed by atoms with E-state index < -0.39 is 18.2 Å². The molecule has 2 aromatic carbocycles. The zero-order valence-electron chi connectivity index (χ0n) is 15.3. The van der Waals surface area contributed by atoms with Crippen LogP contribution >= 0.6 is 0 Å². The van der Waals surface area contributed by atoms with Gasteiger partial charge in [0.1, 0.15) is 6.61 Å². The third-order valence-corrected chi connectivity index (χ3v) is 3.95. The van der Waals surface area contributed by atoms with Crippen molar-refractivity contribution in [3.05, 3.63) is 59.7 Å². The first-order valence-electron chi connectivity index (χ1n) is 8.10. The molecule has 0 fully saturated rings.